The second kappa shape index (κ2) is 9.83. The lowest BCUT2D eigenvalue weighted by molar-refractivity contribution is -0.139. The molecular formula is C24H31NO5. The Morgan fingerprint density at radius 3 is 2.70 bits per heavy atom. The van der Waals surface area contributed by atoms with Gasteiger partial charge in [0.05, 0.1) is 25.9 Å². The number of rotatable bonds is 8. The molecule has 0 amide bonds. The molecule has 30 heavy (non-hydrogen) atoms. The summed E-state index contributed by atoms with van der Waals surface area (Å²) in [5.74, 6) is 0.432. The van der Waals surface area contributed by atoms with Crippen LogP contribution in [0, 0.1) is 0 Å². The summed E-state index contributed by atoms with van der Waals surface area (Å²) < 4.78 is 16.7. The maximum absolute atomic E-state index is 13.1. The molecule has 3 rings (SSSR count). The summed E-state index contributed by atoms with van der Waals surface area (Å²) in [7, 11) is 1.58. The van der Waals surface area contributed by atoms with Crippen molar-refractivity contribution in [3.63, 3.8) is 0 Å². The van der Waals surface area contributed by atoms with Crippen LogP contribution in [-0.4, -0.2) is 32.1 Å². The van der Waals surface area contributed by atoms with Gasteiger partial charge in [0, 0.05) is 29.3 Å². The summed E-state index contributed by atoms with van der Waals surface area (Å²) in [5.41, 5.74) is 3.63. The summed E-state index contributed by atoms with van der Waals surface area (Å²) in [6.45, 7) is 6.72. The van der Waals surface area contributed by atoms with Crippen molar-refractivity contribution in [2.75, 3.05) is 20.3 Å². The van der Waals surface area contributed by atoms with E-state index in [0.29, 0.717) is 42.3 Å². The van der Waals surface area contributed by atoms with Gasteiger partial charge in [0.2, 0.25) is 0 Å². The van der Waals surface area contributed by atoms with Gasteiger partial charge in [-0.3, -0.25) is 4.79 Å². The fraction of sp³-hybridized carbons (Fsp3) is 0.500. The zero-order valence-corrected chi connectivity index (χ0v) is 18.3. The molecule has 0 fully saturated rings. The van der Waals surface area contributed by atoms with E-state index in [-0.39, 0.29) is 11.8 Å². The average Bonchev–Trinajstić information content (AvgIpc) is 2.73. The summed E-state index contributed by atoms with van der Waals surface area (Å²) in [6.07, 6.45) is 3.84. The molecule has 1 aliphatic carbocycles. The number of carbonyl (C=O) groups excluding carboxylic acids is 2. The van der Waals surface area contributed by atoms with Gasteiger partial charge in [0.25, 0.3) is 0 Å². The summed E-state index contributed by atoms with van der Waals surface area (Å²) in [4.78, 5) is 26.0. The minimum atomic E-state index is -0.479. The molecule has 1 N–H and O–H groups in total. The maximum atomic E-state index is 13.1. The molecule has 0 radical (unpaired) electrons. The van der Waals surface area contributed by atoms with Crippen LogP contribution in [0.4, 0.5) is 0 Å². The molecule has 2 aliphatic rings. The van der Waals surface area contributed by atoms with E-state index in [1.807, 2.05) is 39.0 Å². The van der Waals surface area contributed by atoms with Crippen LogP contribution in [0.25, 0.3) is 0 Å². The molecule has 1 aliphatic heterocycles. The van der Waals surface area contributed by atoms with Gasteiger partial charge in [-0.15, -0.1) is 0 Å². The van der Waals surface area contributed by atoms with Crippen LogP contribution in [0.2, 0.25) is 0 Å². The molecule has 0 bridgehead atoms. The molecule has 6 nitrogen and oxygen atoms in total. The van der Waals surface area contributed by atoms with Crippen molar-refractivity contribution in [3.8, 4) is 11.5 Å². The largest absolute Gasteiger partial charge is 0.493 e. The third-order valence-corrected chi connectivity index (χ3v) is 5.55. The molecule has 1 atom stereocenters. The highest BCUT2D eigenvalue weighted by molar-refractivity contribution is 6.03. The van der Waals surface area contributed by atoms with Crippen molar-refractivity contribution in [3.05, 3.63) is 46.3 Å². The lowest BCUT2D eigenvalue weighted by Gasteiger charge is -2.34. The highest BCUT2D eigenvalue weighted by atomic mass is 16.5. The van der Waals surface area contributed by atoms with Crippen molar-refractivity contribution in [2.24, 2.45) is 0 Å². The second-order valence-electron chi connectivity index (χ2n) is 7.60. The Morgan fingerprint density at radius 2 is 2.00 bits per heavy atom. The molecule has 1 aromatic carbocycles. The topological polar surface area (TPSA) is 73.9 Å². The molecule has 6 heteroatoms. The minimum absolute atomic E-state index is 0.0768. The van der Waals surface area contributed by atoms with Crippen molar-refractivity contribution in [1.29, 1.82) is 0 Å². The van der Waals surface area contributed by atoms with E-state index in [0.717, 1.165) is 42.6 Å². The van der Waals surface area contributed by atoms with Gasteiger partial charge in [-0.2, -0.15) is 0 Å². The summed E-state index contributed by atoms with van der Waals surface area (Å²) in [5, 5.41) is 3.31. The van der Waals surface area contributed by atoms with Crippen molar-refractivity contribution in [2.45, 2.75) is 58.8 Å². The van der Waals surface area contributed by atoms with E-state index >= 15 is 0 Å². The fourth-order valence-electron chi connectivity index (χ4n) is 4.11. The monoisotopic (exact) mass is 413 g/mol. The average molecular weight is 414 g/mol. The Balaban J connectivity index is 2.08. The lowest BCUT2D eigenvalue weighted by Crippen LogP contribution is -2.34. The summed E-state index contributed by atoms with van der Waals surface area (Å²) >= 11 is 0. The van der Waals surface area contributed by atoms with Gasteiger partial charge in [0.15, 0.2) is 17.3 Å². The van der Waals surface area contributed by atoms with Gasteiger partial charge in [-0.25, -0.2) is 4.79 Å². The van der Waals surface area contributed by atoms with E-state index in [2.05, 4.69) is 5.32 Å². The highest BCUT2D eigenvalue weighted by Crippen LogP contribution is 2.44. The number of esters is 1. The van der Waals surface area contributed by atoms with Crippen LogP contribution in [0.15, 0.2) is 40.7 Å². The number of methoxy groups -OCH3 is 1. The van der Waals surface area contributed by atoms with Gasteiger partial charge in [-0.05, 0) is 50.8 Å². The number of carbonyl (C=O) groups is 2. The van der Waals surface area contributed by atoms with Crippen LogP contribution < -0.4 is 14.8 Å². The molecule has 0 saturated carbocycles. The van der Waals surface area contributed by atoms with E-state index < -0.39 is 5.92 Å². The number of nitrogens with one attached hydrogen (secondary N) is 1. The van der Waals surface area contributed by atoms with Gasteiger partial charge >= 0.3 is 5.97 Å². The molecule has 0 aromatic heterocycles. The van der Waals surface area contributed by atoms with Gasteiger partial charge < -0.3 is 19.5 Å². The Morgan fingerprint density at radius 1 is 1.20 bits per heavy atom. The molecule has 0 saturated heterocycles. The van der Waals surface area contributed by atoms with E-state index in [4.69, 9.17) is 14.2 Å². The number of ether oxygens (including phenoxy) is 3. The standard InChI is InChI=1S/C24H31NO5/c1-5-7-13-30-24(27)21-15(3)25-17-9-8-10-18(26)23(17)22(21)16-11-12-19(29-6-2)20(14-16)28-4/h11-12,14,22,25H,5-10,13H2,1-4H3. The quantitative estimate of drug-likeness (QED) is 0.503. The number of unbranched alkanes of at least 4 members (excludes halogenated alkanes) is 1. The molecule has 1 heterocycles. The first-order valence-corrected chi connectivity index (χ1v) is 10.7. The predicted molar refractivity (Wildman–Crippen MR) is 114 cm³/mol. The third-order valence-electron chi connectivity index (χ3n) is 5.55. The predicted octanol–water partition coefficient (Wildman–Crippen LogP) is 4.41. The van der Waals surface area contributed by atoms with Crippen molar-refractivity contribution >= 4 is 11.8 Å². The third kappa shape index (κ3) is 4.37. The Hall–Kier alpha value is -2.76. The fourth-order valence-corrected chi connectivity index (χ4v) is 4.11. The number of dihydropyridines is 1. The Bertz CT molecular complexity index is 884. The number of hydrogen-bond acceptors (Lipinski definition) is 6. The number of ketones is 1. The van der Waals surface area contributed by atoms with Gasteiger partial charge in [0.1, 0.15) is 0 Å². The van der Waals surface area contributed by atoms with Crippen LogP contribution >= 0.6 is 0 Å². The SMILES string of the molecule is CCCCOC(=O)C1=C(C)NC2=C(C(=O)CCC2)C1c1ccc(OCC)c(OC)c1. The lowest BCUT2D eigenvalue weighted by atomic mass is 9.75. The molecule has 162 valence electrons. The number of benzene rings is 1. The van der Waals surface area contributed by atoms with Crippen LogP contribution in [-0.2, 0) is 14.3 Å². The second-order valence-corrected chi connectivity index (χ2v) is 7.60. The summed E-state index contributed by atoms with van der Waals surface area (Å²) in [6, 6.07) is 5.60. The number of hydrogen-bond donors (Lipinski definition) is 1. The van der Waals surface area contributed by atoms with Crippen LogP contribution in [0.5, 0.6) is 11.5 Å². The van der Waals surface area contributed by atoms with Crippen LogP contribution in [0.1, 0.15) is 64.4 Å². The zero-order valence-electron chi connectivity index (χ0n) is 18.3. The molecular weight excluding hydrogens is 382 g/mol. The van der Waals surface area contributed by atoms with Crippen LogP contribution in [0.3, 0.4) is 0 Å². The van der Waals surface area contributed by atoms with Crippen molar-refractivity contribution < 1.29 is 23.8 Å². The first-order valence-electron chi connectivity index (χ1n) is 10.7. The molecule has 1 unspecified atom stereocenters. The minimum Gasteiger partial charge on any atom is -0.493 e. The van der Waals surface area contributed by atoms with E-state index in [9.17, 15) is 9.59 Å². The maximum Gasteiger partial charge on any atom is 0.336 e. The van der Waals surface area contributed by atoms with Crippen molar-refractivity contribution in [1.82, 2.24) is 5.32 Å². The smallest absolute Gasteiger partial charge is 0.336 e. The molecule has 0 spiro atoms. The van der Waals surface area contributed by atoms with E-state index in [1.165, 1.54) is 0 Å². The van der Waals surface area contributed by atoms with E-state index in [1.54, 1.807) is 7.11 Å². The number of Topliss-reactive ketones (excluding diaryl/α,β-unsaturated/α-hetero) is 1. The van der Waals surface area contributed by atoms with Gasteiger partial charge in [-0.1, -0.05) is 19.4 Å². The zero-order chi connectivity index (χ0) is 21.7. The number of allylic oxidation sites excluding steroid dienone is 3. The normalized spacial score (nSPS) is 18.7. The first kappa shape index (κ1) is 21.9. The Kier molecular flexibility index (Phi) is 7.19. The first-order chi connectivity index (χ1) is 14.5. The Labute approximate surface area is 178 Å². The highest BCUT2D eigenvalue weighted by Gasteiger charge is 2.39. The molecule has 1 aromatic rings.